The number of alkyl halides is 2. The van der Waals surface area contributed by atoms with Gasteiger partial charge in [0.2, 0.25) is 0 Å². The first kappa shape index (κ1) is 14.9. The number of carbonyl (C=O) groups excluding carboxylic acids is 1. The number of hydrogen-bond donors (Lipinski definition) is 2. The molecule has 1 unspecified atom stereocenters. The summed E-state index contributed by atoms with van der Waals surface area (Å²) in [4.78, 5) is 15.5. The lowest BCUT2D eigenvalue weighted by atomic mass is 9.75. The highest BCUT2D eigenvalue weighted by molar-refractivity contribution is 5.85. The van der Waals surface area contributed by atoms with E-state index >= 15 is 0 Å². The number of rotatable bonds is 6. The minimum absolute atomic E-state index is 0.0139. The van der Waals surface area contributed by atoms with Crippen LogP contribution in [0.2, 0.25) is 0 Å². The Labute approximate surface area is 116 Å². The second-order valence-electron chi connectivity index (χ2n) is 5.53. The van der Waals surface area contributed by atoms with Crippen LogP contribution in [0.5, 0.6) is 0 Å². The molecule has 5 nitrogen and oxygen atoms in total. The van der Waals surface area contributed by atoms with E-state index < -0.39 is 17.4 Å². The van der Waals surface area contributed by atoms with E-state index in [-0.39, 0.29) is 25.3 Å². The molecule has 2 N–H and O–H groups in total. The molecule has 1 aliphatic rings. The summed E-state index contributed by atoms with van der Waals surface area (Å²) >= 11 is 0. The molecular weight excluding hydrogens is 268 g/mol. The second-order valence-corrected chi connectivity index (χ2v) is 5.53. The molecule has 0 aromatic carbocycles. The van der Waals surface area contributed by atoms with Crippen molar-refractivity contribution in [3.63, 3.8) is 0 Å². The van der Waals surface area contributed by atoms with Gasteiger partial charge in [-0.25, -0.2) is 4.98 Å². The lowest BCUT2D eigenvalue weighted by Crippen LogP contribution is -2.61. The summed E-state index contributed by atoms with van der Waals surface area (Å²) < 4.78 is 29.4. The quantitative estimate of drug-likeness (QED) is 0.826. The third kappa shape index (κ3) is 2.82. The molecule has 0 bridgehead atoms. The van der Waals surface area contributed by atoms with E-state index in [2.05, 4.69) is 10.3 Å². The van der Waals surface area contributed by atoms with Crippen LogP contribution in [0.3, 0.4) is 0 Å². The number of nitrogens with zero attached hydrogens (tertiary/aromatic N) is 2. The van der Waals surface area contributed by atoms with Gasteiger partial charge in [0.25, 0.3) is 5.91 Å². The first-order valence-corrected chi connectivity index (χ1v) is 6.69. The Bertz CT molecular complexity index is 458. The number of halogens is 2. The Morgan fingerprint density at radius 1 is 1.60 bits per heavy atom. The average Bonchev–Trinajstić information content (AvgIpc) is 2.85. The fourth-order valence-corrected chi connectivity index (χ4v) is 2.23. The molecule has 2 rings (SSSR count). The van der Waals surface area contributed by atoms with Crippen molar-refractivity contribution in [1.82, 2.24) is 14.9 Å². The van der Waals surface area contributed by atoms with E-state index in [9.17, 15) is 18.7 Å². The van der Waals surface area contributed by atoms with Crippen LogP contribution < -0.4 is 5.32 Å². The molecule has 0 saturated heterocycles. The Kier molecular flexibility index (Phi) is 4.08. The van der Waals surface area contributed by atoms with Crippen LogP contribution in [0, 0.1) is 5.92 Å². The van der Waals surface area contributed by atoms with Gasteiger partial charge in [-0.2, -0.15) is 8.78 Å². The summed E-state index contributed by atoms with van der Waals surface area (Å²) in [6.07, 6.45) is 5.49. The number of amides is 1. The van der Waals surface area contributed by atoms with Crippen LogP contribution in [-0.4, -0.2) is 38.6 Å². The predicted octanol–water partition coefficient (Wildman–Crippen LogP) is 1.19. The molecule has 112 valence electrons. The molecule has 1 heterocycles. The van der Waals surface area contributed by atoms with Crippen LogP contribution >= 0.6 is 0 Å². The third-order valence-electron chi connectivity index (χ3n) is 3.74. The van der Waals surface area contributed by atoms with Gasteiger partial charge >= 0.3 is 5.92 Å². The van der Waals surface area contributed by atoms with Gasteiger partial charge in [0.1, 0.15) is 5.60 Å². The third-order valence-corrected chi connectivity index (χ3v) is 3.74. The maximum Gasteiger partial charge on any atom is 0.352 e. The largest absolute Gasteiger partial charge is 0.383 e. The molecule has 1 saturated carbocycles. The highest BCUT2D eigenvalue weighted by Crippen LogP contribution is 2.44. The highest BCUT2D eigenvalue weighted by atomic mass is 19.3. The fourth-order valence-electron chi connectivity index (χ4n) is 2.23. The smallest absolute Gasteiger partial charge is 0.352 e. The SMILES string of the molecule is CC(CNC(=O)C(F)(F)C1(O)CCC1)Cn1ccnc1. The van der Waals surface area contributed by atoms with Crippen molar-refractivity contribution in [3.8, 4) is 0 Å². The zero-order chi connectivity index (χ0) is 14.8. The van der Waals surface area contributed by atoms with Crippen molar-refractivity contribution in [2.45, 2.75) is 44.3 Å². The molecule has 1 atom stereocenters. The zero-order valence-corrected chi connectivity index (χ0v) is 11.4. The highest BCUT2D eigenvalue weighted by Gasteiger charge is 2.61. The molecule has 1 fully saturated rings. The molecule has 1 aliphatic carbocycles. The van der Waals surface area contributed by atoms with Crippen molar-refractivity contribution >= 4 is 5.91 Å². The maximum absolute atomic E-state index is 13.8. The van der Waals surface area contributed by atoms with Crippen molar-refractivity contribution < 1.29 is 18.7 Å². The number of imidazole rings is 1. The van der Waals surface area contributed by atoms with Gasteiger partial charge in [-0.05, 0) is 25.2 Å². The Morgan fingerprint density at radius 3 is 2.80 bits per heavy atom. The van der Waals surface area contributed by atoms with Gasteiger partial charge in [0, 0.05) is 25.5 Å². The van der Waals surface area contributed by atoms with E-state index in [1.807, 2.05) is 11.5 Å². The number of nitrogens with one attached hydrogen (secondary N) is 1. The number of carbonyl (C=O) groups is 1. The molecule has 0 spiro atoms. The lowest BCUT2D eigenvalue weighted by Gasteiger charge is -2.41. The van der Waals surface area contributed by atoms with Gasteiger partial charge in [0.05, 0.1) is 6.33 Å². The molecule has 7 heteroatoms. The van der Waals surface area contributed by atoms with Crippen molar-refractivity contribution in [2.24, 2.45) is 5.92 Å². The van der Waals surface area contributed by atoms with E-state index in [0.29, 0.717) is 13.0 Å². The van der Waals surface area contributed by atoms with Gasteiger partial charge in [-0.3, -0.25) is 4.79 Å². The maximum atomic E-state index is 13.8. The second kappa shape index (κ2) is 5.47. The fraction of sp³-hybridized carbons (Fsp3) is 0.692. The zero-order valence-electron chi connectivity index (χ0n) is 11.4. The standard InChI is InChI=1S/C13H19F2N3O2/c1-10(8-18-6-5-16-9-18)7-17-11(19)13(14,15)12(20)3-2-4-12/h5-6,9-10,20H,2-4,7-8H2,1H3,(H,17,19). The molecule has 1 aromatic heterocycles. The molecule has 1 amide bonds. The van der Waals surface area contributed by atoms with Gasteiger partial charge in [-0.15, -0.1) is 0 Å². The van der Waals surface area contributed by atoms with Crippen molar-refractivity contribution in [1.29, 1.82) is 0 Å². The summed E-state index contributed by atoms with van der Waals surface area (Å²) in [5, 5.41) is 11.9. The Balaban J connectivity index is 1.82. The summed E-state index contributed by atoms with van der Waals surface area (Å²) in [5.74, 6) is -5.13. The normalized spacial score (nSPS) is 19.2. The minimum atomic E-state index is -3.72. The van der Waals surface area contributed by atoms with Crippen molar-refractivity contribution in [3.05, 3.63) is 18.7 Å². The van der Waals surface area contributed by atoms with Gasteiger partial charge < -0.3 is 15.0 Å². The van der Waals surface area contributed by atoms with Crippen LogP contribution in [0.1, 0.15) is 26.2 Å². The minimum Gasteiger partial charge on any atom is -0.383 e. The van der Waals surface area contributed by atoms with Crippen LogP contribution in [-0.2, 0) is 11.3 Å². The monoisotopic (exact) mass is 287 g/mol. The van der Waals surface area contributed by atoms with Crippen LogP contribution in [0.4, 0.5) is 8.78 Å². The molecule has 0 radical (unpaired) electrons. The summed E-state index contributed by atoms with van der Waals surface area (Å²) in [6, 6.07) is 0. The van der Waals surface area contributed by atoms with Gasteiger partial charge in [-0.1, -0.05) is 6.92 Å². The van der Waals surface area contributed by atoms with E-state index in [0.717, 1.165) is 0 Å². The van der Waals surface area contributed by atoms with E-state index in [4.69, 9.17) is 0 Å². The predicted molar refractivity (Wildman–Crippen MR) is 68.1 cm³/mol. The van der Waals surface area contributed by atoms with E-state index in [1.54, 1.807) is 18.7 Å². The van der Waals surface area contributed by atoms with Crippen LogP contribution in [0.25, 0.3) is 0 Å². The first-order chi connectivity index (χ1) is 9.35. The molecule has 0 aliphatic heterocycles. The van der Waals surface area contributed by atoms with E-state index in [1.165, 1.54) is 0 Å². The summed E-state index contributed by atoms with van der Waals surface area (Å²) in [7, 11) is 0. The Morgan fingerprint density at radius 2 is 2.30 bits per heavy atom. The molecule has 1 aromatic rings. The van der Waals surface area contributed by atoms with Crippen LogP contribution in [0.15, 0.2) is 18.7 Å². The first-order valence-electron chi connectivity index (χ1n) is 6.69. The number of aromatic nitrogens is 2. The van der Waals surface area contributed by atoms with Crippen molar-refractivity contribution in [2.75, 3.05) is 6.54 Å². The number of aliphatic hydroxyl groups is 1. The number of hydrogen-bond acceptors (Lipinski definition) is 3. The van der Waals surface area contributed by atoms with Gasteiger partial charge in [0.15, 0.2) is 0 Å². The molecule has 20 heavy (non-hydrogen) atoms. The average molecular weight is 287 g/mol. The Hall–Kier alpha value is -1.50. The molecular formula is C13H19F2N3O2. The summed E-state index contributed by atoms with van der Waals surface area (Å²) in [6.45, 7) is 2.55. The topological polar surface area (TPSA) is 67.2 Å². The summed E-state index contributed by atoms with van der Waals surface area (Å²) in [5.41, 5.74) is -2.16. The lowest BCUT2D eigenvalue weighted by molar-refractivity contribution is -0.216.